The van der Waals surface area contributed by atoms with E-state index < -0.39 is 11.7 Å². The van der Waals surface area contributed by atoms with Crippen LogP contribution in [0.5, 0.6) is 0 Å². The molecule has 1 aliphatic heterocycles. The summed E-state index contributed by atoms with van der Waals surface area (Å²) in [5.74, 6) is 0. The van der Waals surface area contributed by atoms with Gasteiger partial charge in [-0.1, -0.05) is 18.2 Å². The summed E-state index contributed by atoms with van der Waals surface area (Å²) in [4.78, 5) is 11.8. The monoisotopic (exact) mass is 262 g/mol. The first-order chi connectivity index (χ1) is 8.96. The fourth-order valence-corrected chi connectivity index (χ4v) is 2.28. The molecule has 1 heterocycles. The Bertz CT molecular complexity index is 446. The van der Waals surface area contributed by atoms with Crippen LogP contribution in [0.4, 0.5) is 10.5 Å². The first kappa shape index (κ1) is 13.9. The Labute approximate surface area is 114 Å². The highest BCUT2D eigenvalue weighted by Gasteiger charge is 2.21. The highest BCUT2D eigenvalue weighted by atomic mass is 16.6. The topological polar surface area (TPSA) is 50.4 Å². The molecule has 0 unspecified atom stereocenters. The second kappa shape index (κ2) is 5.61. The van der Waals surface area contributed by atoms with Crippen molar-refractivity contribution in [3.63, 3.8) is 0 Å². The largest absolute Gasteiger partial charge is 0.444 e. The molecule has 1 aromatic carbocycles. The van der Waals surface area contributed by atoms with Crippen LogP contribution in [-0.4, -0.2) is 18.2 Å². The molecule has 0 saturated carbocycles. The number of ether oxygens (including phenoxy) is 1. The second-order valence-electron chi connectivity index (χ2n) is 5.86. The molecule has 1 aliphatic rings. The molecule has 2 rings (SSSR count). The molecule has 0 aromatic heterocycles. The Morgan fingerprint density at radius 3 is 2.74 bits per heavy atom. The van der Waals surface area contributed by atoms with Crippen molar-refractivity contribution < 1.29 is 9.53 Å². The van der Waals surface area contributed by atoms with E-state index in [0.29, 0.717) is 6.04 Å². The van der Waals surface area contributed by atoms with Crippen LogP contribution in [0.3, 0.4) is 0 Å². The van der Waals surface area contributed by atoms with E-state index in [0.717, 1.165) is 24.2 Å². The summed E-state index contributed by atoms with van der Waals surface area (Å²) in [6.45, 7) is 6.61. The molecule has 0 radical (unpaired) electrons. The van der Waals surface area contributed by atoms with E-state index in [9.17, 15) is 4.79 Å². The first-order valence-electron chi connectivity index (χ1n) is 6.78. The summed E-state index contributed by atoms with van der Waals surface area (Å²) >= 11 is 0. The SMILES string of the molecule is CC(C)(C)OC(=O)Nc1ccccc1[C@@H]1CCCN1. The molecular weight excluding hydrogens is 240 g/mol. The number of anilines is 1. The van der Waals surface area contributed by atoms with Gasteiger partial charge in [-0.05, 0) is 51.8 Å². The molecule has 1 amide bonds. The van der Waals surface area contributed by atoms with E-state index >= 15 is 0 Å². The molecule has 1 saturated heterocycles. The van der Waals surface area contributed by atoms with Gasteiger partial charge in [0, 0.05) is 11.7 Å². The number of amides is 1. The molecule has 0 spiro atoms. The average Bonchev–Trinajstić information content (AvgIpc) is 2.80. The van der Waals surface area contributed by atoms with Crippen molar-refractivity contribution in [2.75, 3.05) is 11.9 Å². The lowest BCUT2D eigenvalue weighted by atomic mass is 10.0. The third-order valence-electron chi connectivity index (χ3n) is 3.03. The Kier molecular flexibility index (Phi) is 4.10. The lowest BCUT2D eigenvalue weighted by Gasteiger charge is -2.21. The predicted octanol–water partition coefficient (Wildman–Crippen LogP) is 3.46. The molecule has 104 valence electrons. The number of carbonyl (C=O) groups is 1. The molecule has 19 heavy (non-hydrogen) atoms. The quantitative estimate of drug-likeness (QED) is 0.858. The molecule has 4 nitrogen and oxygen atoms in total. The van der Waals surface area contributed by atoms with Gasteiger partial charge >= 0.3 is 6.09 Å². The maximum atomic E-state index is 11.8. The van der Waals surface area contributed by atoms with Gasteiger partial charge in [0.25, 0.3) is 0 Å². The number of para-hydroxylation sites is 1. The molecule has 0 aliphatic carbocycles. The van der Waals surface area contributed by atoms with Gasteiger partial charge in [-0.3, -0.25) is 5.32 Å². The van der Waals surface area contributed by atoms with Crippen molar-refractivity contribution in [2.45, 2.75) is 45.3 Å². The van der Waals surface area contributed by atoms with Gasteiger partial charge in [-0.25, -0.2) is 4.79 Å². The van der Waals surface area contributed by atoms with Gasteiger partial charge in [-0.15, -0.1) is 0 Å². The Morgan fingerprint density at radius 1 is 1.37 bits per heavy atom. The lowest BCUT2D eigenvalue weighted by molar-refractivity contribution is 0.0635. The number of benzene rings is 1. The van der Waals surface area contributed by atoms with Crippen molar-refractivity contribution in [3.8, 4) is 0 Å². The van der Waals surface area contributed by atoms with Crippen molar-refractivity contribution in [3.05, 3.63) is 29.8 Å². The summed E-state index contributed by atoms with van der Waals surface area (Å²) in [5, 5.41) is 6.29. The van der Waals surface area contributed by atoms with E-state index in [4.69, 9.17) is 4.74 Å². The van der Waals surface area contributed by atoms with Crippen LogP contribution >= 0.6 is 0 Å². The van der Waals surface area contributed by atoms with Gasteiger partial charge in [0.1, 0.15) is 5.60 Å². The van der Waals surface area contributed by atoms with Gasteiger partial charge in [0.05, 0.1) is 0 Å². The van der Waals surface area contributed by atoms with Gasteiger partial charge in [0.15, 0.2) is 0 Å². The van der Waals surface area contributed by atoms with Crippen molar-refractivity contribution >= 4 is 11.8 Å². The summed E-state index contributed by atoms with van der Waals surface area (Å²) < 4.78 is 5.29. The molecule has 1 fully saturated rings. The first-order valence-corrected chi connectivity index (χ1v) is 6.78. The predicted molar refractivity (Wildman–Crippen MR) is 76.3 cm³/mol. The number of hydrogen-bond acceptors (Lipinski definition) is 3. The van der Waals surface area contributed by atoms with Crippen molar-refractivity contribution in [1.29, 1.82) is 0 Å². The zero-order chi connectivity index (χ0) is 13.9. The molecule has 0 bridgehead atoms. The number of rotatable bonds is 2. The molecule has 1 atom stereocenters. The Hall–Kier alpha value is -1.55. The third-order valence-corrected chi connectivity index (χ3v) is 3.03. The van der Waals surface area contributed by atoms with E-state index in [2.05, 4.69) is 16.7 Å². The minimum atomic E-state index is -0.482. The standard InChI is InChI=1S/C15H22N2O2/c1-15(2,3)19-14(18)17-13-8-5-4-7-11(13)12-9-6-10-16-12/h4-5,7-8,12,16H,6,9-10H2,1-3H3,(H,17,18)/t12-/m0/s1. The van der Waals surface area contributed by atoms with Crippen molar-refractivity contribution in [1.82, 2.24) is 5.32 Å². The van der Waals surface area contributed by atoms with Crippen LogP contribution in [0.25, 0.3) is 0 Å². The number of nitrogens with one attached hydrogen (secondary N) is 2. The molecule has 1 aromatic rings. The van der Waals surface area contributed by atoms with Crippen LogP contribution in [0.1, 0.15) is 45.2 Å². The van der Waals surface area contributed by atoms with Gasteiger partial charge in [0.2, 0.25) is 0 Å². The highest BCUT2D eigenvalue weighted by Crippen LogP contribution is 2.29. The fraction of sp³-hybridized carbons (Fsp3) is 0.533. The van der Waals surface area contributed by atoms with Crippen molar-refractivity contribution in [2.24, 2.45) is 0 Å². The zero-order valence-electron chi connectivity index (χ0n) is 11.8. The maximum Gasteiger partial charge on any atom is 0.412 e. The van der Waals surface area contributed by atoms with Crippen LogP contribution in [0.2, 0.25) is 0 Å². The van der Waals surface area contributed by atoms with Crippen LogP contribution in [-0.2, 0) is 4.74 Å². The molecule has 4 heteroatoms. The summed E-state index contributed by atoms with van der Waals surface area (Å²) in [5.41, 5.74) is 1.48. The van der Waals surface area contributed by atoms with Crippen LogP contribution in [0.15, 0.2) is 24.3 Å². The molecule has 2 N–H and O–H groups in total. The van der Waals surface area contributed by atoms with E-state index in [1.165, 1.54) is 6.42 Å². The second-order valence-corrected chi connectivity index (χ2v) is 5.86. The van der Waals surface area contributed by atoms with Gasteiger partial charge < -0.3 is 10.1 Å². The number of hydrogen-bond donors (Lipinski definition) is 2. The summed E-state index contributed by atoms with van der Waals surface area (Å²) in [6, 6.07) is 8.21. The third kappa shape index (κ3) is 3.96. The zero-order valence-corrected chi connectivity index (χ0v) is 11.8. The normalized spacial score (nSPS) is 19.2. The van der Waals surface area contributed by atoms with E-state index in [1.807, 2.05) is 39.0 Å². The fourth-order valence-electron chi connectivity index (χ4n) is 2.28. The van der Waals surface area contributed by atoms with Crippen LogP contribution < -0.4 is 10.6 Å². The average molecular weight is 262 g/mol. The number of carbonyl (C=O) groups excluding carboxylic acids is 1. The Morgan fingerprint density at radius 2 is 2.11 bits per heavy atom. The molecular formula is C15H22N2O2. The highest BCUT2D eigenvalue weighted by molar-refractivity contribution is 5.86. The summed E-state index contributed by atoms with van der Waals surface area (Å²) in [7, 11) is 0. The van der Waals surface area contributed by atoms with Crippen LogP contribution in [0, 0.1) is 0 Å². The Balaban J connectivity index is 2.09. The lowest BCUT2D eigenvalue weighted by Crippen LogP contribution is -2.28. The minimum Gasteiger partial charge on any atom is -0.444 e. The van der Waals surface area contributed by atoms with E-state index in [-0.39, 0.29) is 0 Å². The maximum absolute atomic E-state index is 11.8. The minimum absolute atomic E-state index is 0.325. The smallest absolute Gasteiger partial charge is 0.412 e. The summed E-state index contributed by atoms with van der Waals surface area (Å²) in [6.07, 6.45) is 1.87. The van der Waals surface area contributed by atoms with Gasteiger partial charge in [-0.2, -0.15) is 0 Å². The van der Waals surface area contributed by atoms with E-state index in [1.54, 1.807) is 0 Å².